The number of ether oxygens (including phenoxy) is 1. The van der Waals surface area contributed by atoms with Crippen LogP contribution in [-0.2, 0) is 4.74 Å². The van der Waals surface area contributed by atoms with Crippen LogP contribution in [0, 0.1) is 5.92 Å². The highest BCUT2D eigenvalue weighted by Gasteiger charge is 2.04. The lowest BCUT2D eigenvalue weighted by molar-refractivity contribution is 0.157. The van der Waals surface area contributed by atoms with Gasteiger partial charge in [0.15, 0.2) is 0 Å². The van der Waals surface area contributed by atoms with Gasteiger partial charge in [0.2, 0.25) is 0 Å². The monoisotopic (exact) mass is 229 g/mol. The normalized spacial score (nSPS) is 15.0. The fourth-order valence-corrected chi connectivity index (χ4v) is 1.90. The van der Waals surface area contributed by atoms with E-state index < -0.39 is 0 Å². The van der Waals surface area contributed by atoms with E-state index in [9.17, 15) is 0 Å². The molecule has 0 heterocycles. The molecule has 0 spiro atoms. The van der Waals surface area contributed by atoms with Crippen LogP contribution in [0.4, 0.5) is 0 Å². The van der Waals surface area contributed by atoms with Crippen molar-refractivity contribution < 1.29 is 4.74 Å². The molecular formula is C14H31NO. The fraction of sp³-hybridized carbons (Fsp3) is 1.00. The Hall–Kier alpha value is -0.0800. The number of methoxy groups -OCH3 is 1. The van der Waals surface area contributed by atoms with Gasteiger partial charge >= 0.3 is 0 Å². The Balaban J connectivity index is 3.27. The molecular weight excluding hydrogens is 198 g/mol. The van der Waals surface area contributed by atoms with Gasteiger partial charge < -0.3 is 10.1 Å². The lowest BCUT2D eigenvalue weighted by atomic mass is 10.1. The van der Waals surface area contributed by atoms with E-state index in [1.807, 2.05) is 0 Å². The summed E-state index contributed by atoms with van der Waals surface area (Å²) >= 11 is 0. The number of nitrogens with one attached hydrogen (secondary N) is 1. The number of rotatable bonds is 11. The van der Waals surface area contributed by atoms with Gasteiger partial charge in [-0.05, 0) is 19.3 Å². The van der Waals surface area contributed by atoms with Gasteiger partial charge in [-0.25, -0.2) is 0 Å². The standard InChI is InChI=1S/C14H31NO/c1-5-6-7-8-9-10-14(3)15-11-13(2)12-16-4/h13-15H,5-12H2,1-4H3. The van der Waals surface area contributed by atoms with Crippen molar-refractivity contribution in [2.75, 3.05) is 20.3 Å². The number of hydrogen-bond acceptors (Lipinski definition) is 2. The Kier molecular flexibility index (Phi) is 11.3. The van der Waals surface area contributed by atoms with Crippen LogP contribution in [0.3, 0.4) is 0 Å². The highest BCUT2D eigenvalue weighted by Crippen LogP contribution is 2.07. The van der Waals surface area contributed by atoms with Gasteiger partial charge in [-0.15, -0.1) is 0 Å². The molecule has 0 aliphatic rings. The predicted molar refractivity (Wildman–Crippen MR) is 71.9 cm³/mol. The van der Waals surface area contributed by atoms with Crippen molar-refractivity contribution in [3.05, 3.63) is 0 Å². The second kappa shape index (κ2) is 11.4. The van der Waals surface area contributed by atoms with Gasteiger partial charge in [-0.2, -0.15) is 0 Å². The molecule has 0 fully saturated rings. The molecule has 2 unspecified atom stereocenters. The molecule has 0 bridgehead atoms. The third kappa shape index (κ3) is 10.4. The van der Waals surface area contributed by atoms with Crippen molar-refractivity contribution >= 4 is 0 Å². The van der Waals surface area contributed by atoms with Crippen LogP contribution >= 0.6 is 0 Å². The Labute approximate surface area is 102 Å². The molecule has 2 nitrogen and oxygen atoms in total. The third-order valence-electron chi connectivity index (χ3n) is 3.01. The zero-order valence-corrected chi connectivity index (χ0v) is 11.7. The third-order valence-corrected chi connectivity index (χ3v) is 3.01. The molecule has 0 aromatic heterocycles. The van der Waals surface area contributed by atoms with E-state index in [1.165, 1.54) is 38.5 Å². The van der Waals surface area contributed by atoms with E-state index >= 15 is 0 Å². The van der Waals surface area contributed by atoms with Crippen LogP contribution < -0.4 is 5.32 Å². The number of unbranched alkanes of at least 4 members (excludes halogenated alkanes) is 4. The van der Waals surface area contributed by atoms with E-state index in [0.29, 0.717) is 12.0 Å². The van der Waals surface area contributed by atoms with Crippen LogP contribution in [0.1, 0.15) is 59.3 Å². The molecule has 1 N–H and O–H groups in total. The highest BCUT2D eigenvalue weighted by molar-refractivity contribution is 4.63. The molecule has 0 aliphatic heterocycles. The zero-order valence-electron chi connectivity index (χ0n) is 11.7. The van der Waals surface area contributed by atoms with E-state index in [2.05, 4.69) is 26.1 Å². The maximum Gasteiger partial charge on any atom is 0.0499 e. The van der Waals surface area contributed by atoms with Crippen molar-refractivity contribution in [2.45, 2.75) is 65.3 Å². The van der Waals surface area contributed by atoms with Crippen LogP contribution in [0.5, 0.6) is 0 Å². The lowest BCUT2D eigenvalue weighted by Gasteiger charge is -2.17. The van der Waals surface area contributed by atoms with E-state index in [-0.39, 0.29) is 0 Å². The predicted octanol–water partition coefficient (Wildman–Crippen LogP) is 3.61. The van der Waals surface area contributed by atoms with Crippen molar-refractivity contribution in [1.82, 2.24) is 5.32 Å². The summed E-state index contributed by atoms with van der Waals surface area (Å²) in [6.07, 6.45) is 8.21. The first kappa shape index (κ1) is 15.9. The van der Waals surface area contributed by atoms with Crippen LogP contribution in [0.25, 0.3) is 0 Å². The van der Waals surface area contributed by atoms with Crippen LogP contribution in [-0.4, -0.2) is 26.3 Å². The molecule has 16 heavy (non-hydrogen) atoms. The molecule has 0 amide bonds. The lowest BCUT2D eigenvalue weighted by Crippen LogP contribution is -2.31. The van der Waals surface area contributed by atoms with Crippen LogP contribution in [0.2, 0.25) is 0 Å². The quantitative estimate of drug-likeness (QED) is 0.547. The molecule has 0 saturated carbocycles. The highest BCUT2D eigenvalue weighted by atomic mass is 16.5. The van der Waals surface area contributed by atoms with Gasteiger partial charge in [0.25, 0.3) is 0 Å². The smallest absolute Gasteiger partial charge is 0.0499 e. The van der Waals surface area contributed by atoms with Crippen molar-refractivity contribution in [2.24, 2.45) is 5.92 Å². The van der Waals surface area contributed by atoms with Crippen molar-refractivity contribution in [3.8, 4) is 0 Å². The molecule has 0 radical (unpaired) electrons. The summed E-state index contributed by atoms with van der Waals surface area (Å²) in [5.41, 5.74) is 0. The summed E-state index contributed by atoms with van der Waals surface area (Å²) in [7, 11) is 1.77. The summed E-state index contributed by atoms with van der Waals surface area (Å²) < 4.78 is 5.12. The largest absolute Gasteiger partial charge is 0.384 e. The minimum absolute atomic E-state index is 0.618. The van der Waals surface area contributed by atoms with E-state index in [4.69, 9.17) is 4.74 Å². The summed E-state index contributed by atoms with van der Waals surface area (Å²) in [5, 5.41) is 3.58. The molecule has 0 saturated heterocycles. The second-order valence-corrected chi connectivity index (χ2v) is 5.07. The van der Waals surface area contributed by atoms with Crippen LogP contribution in [0.15, 0.2) is 0 Å². The molecule has 98 valence electrons. The molecule has 0 aromatic carbocycles. The van der Waals surface area contributed by atoms with Gasteiger partial charge in [0.1, 0.15) is 0 Å². The van der Waals surface area contributed by atoms with Gasteiger partial charge in [0, 0.05) is 26.3 Å². The summed E-state index contributed by atoms with van der Waals surface area (Å²) in [5.74, 6) is 0.618. The Morgan fingerprint density at radius 3 is 2.38 bits per heavy atom. The number of hydrogen-bond donors (Lipinski definition) is 1. The summed E-state index contributed by atoms with van der Waals surface area (Å²) in [6.45, 7) is 8.71. The Morgan fingerprint density at radius 2 is 1.75 bits per heavy atom. The molecule has 2 heteroatoms. The summed E-state index contributed by atoms with van der Waals surface area (Å²) in [6, 6.07) is 0.654. The Bertz CT molecular complexity index is 139. The van der Waals surface area contributed by atoms with E-state index in [0.717, 1.165) is 13.2 Å². The first-order valence-corrected chi connectivity index (χ1v) is 6.93. The van der Waals surface area contributed by atoms with Gasteiger partial charge in [-0.1, -0.05) is 46.0 Å². The minimum Gasteiger partial charge on any atom is -0.384 e. The molecule has 0 aromatic rings. The molecule has 2 atom stereocenters. The average molecular weight is 229 g/mol. The Morgan fingerprint density at radius 1 is 1.06 bits per heavy atom. The first-order chi connectivity index (χ1) is 7.70. The van der Waals surface area contributed by atoms with E-state index in [1.54, 1.807) is 7.11 Å². The minimum atomic E-state index is 0.618. The fourth-order valence-electron chi connectivity index (χ4n) is 1.90. The van der Waals surface area contributed by atoms with Gasteiger partial charge in [-0.3, -0.25) is 0 Å². The molecule has 0 rings (SSSR count). The maximum atomic E-state index is 5.12. The second-order valence-electron chi connectivity index (χ2n) is 5.07. The van der Waals surface area contributed by atoms with Gasteiger partial charge in [0.05, 0.1) is 0 Å². The van der Waals surface area contributed by atoms with Crippen molar-refractivity contribution in [3.63, 3.8) is 0 Å². The van der Waals surface area contributed by atoms with Crippen molar-refractivity contribution in [1.29, 1.82) is 0 Å². The SMILES string of the molecule is CCCCCCCC(C)NCC(C)COC. The topological polar surface area (TPSA) is 21.3 Å². The molecule has 0 aliphatic carbocycles. The summed E-state index contributed by atoms with van der Waals surface area (Å²) in [4.78, 5) is 0. The average Bonchev–Trinajstić information content (AvgIpc) is 2.26. The zero-order chi connectivity index (χ0) is 12.2. The maximum absolute atomic E-state index is 5.12. The first-order valence-electron chi connectivity index (χ1n) is 6.93.